The number of halogens is 3. The molecular weight excluding hydrogens is 181 g/mol. The van der Waals surface area contributed by atoms with E-state index in [4.69, 9.17) is 0 Å². The molecule has 0 bridgehead atoms. The van der Waals surface area contributed by atoms with Gasteiger partial charge in [0.15, 0.2) is 0 Å². The fourth-order valence-electron chi connectivity index (χ4n) is 1.69. The predicted molar refractivity (Wildman–Crippen MR) is 44.6 cm³/mol. The molecule has 1 N–H and O–H groups in total. The molecule has 0 amide bonds. The second-order valence-electron chi connectivity index (χ2n) is 3.64. The van der Waals surface area contributed by atoms with Gasteiger partial charge in [0.2, 0.25) is 0 Å². The van der Waals surface area contributed by atoms with E-state index in [0.29, 0.717) is 13.1 Å². The van der Waals surface area contributed by atoms with Crippen molar-refractivity contribution in [2.75, 3.05) is 19.6 Å². The third kappa shape index (κ3) is 3.15. The van der Waals surface area contributed by atoms with Crippen LogP contribution in [0, 0.1) is 0 Å². The SMILES string of the molecule is CC1CNCC(C)N1CC(F)(F)F. The van der Waals surface area contributed by atoms with Gasteiger partial charge < -0.3 is 5.32 Å². The van der Waals surface area contributed by atoms with Crippen LogP contribution in [0.25, 0.3) is 0 Å². The van der Waals surface area contributed by atoms with Crippen LogP contribution >= 0.6 is 0 Å². The van der Waals surface area contributed by atoms with Crippen LogP contribution in [0.3, 0.4) is 0 Å². The van der Waals surface area contributed by atoms with Crippen molar-refractivity contribution in [3.05, 3.63) is 0 Å². The van der Waals surface area contributed by atoms with Crippen molar-refractivity contribution in [2.45, 2.75) is 32.1 Å². The Hall–Kier alpha value is -0.290. The number of piperazine rings is 1. The molecule has 1 heterocycles. The number of hydrogen-bond acceptors (Lipinski definition) is 2. The molecule has 2 unspecified atom stereocenters. The first-order chi connectivity index (χ1) is 5.90. The van der Waals surface area contributed by atoms with Crippen LogP contribution in [0.5, 0.6) is 0 Å². The van der Waals surface area contributed by atoms with E-state index in [9.17, 15) is 13.2 Å². The van der Waals surface area contributed by atoms with Crippen molar-refractivity contribution >= 4 is 0 Å². The molecule has 78 valence electrons. The van der Waals surface area contributed by atoms with Crippen LogP contribution in [0.15, 0.2) is 0 Å². The summed E-state index contributed by atoms with van der Waals surface area (Å²) in [5, 5.41) is 3.09. The minimum absolute atomic E-state index is 0.0367. The molecular formula is C8H15F3N2. The highest BCUT2D eigenvalue weighted by Gasteiger charge is 2.36. The van der Waals surface area contributed by atoms with E-state index < -0.39 is 12.7 Å². The highest BCUT2D eigenvalue weighted by atomic mass is 19.4. The van der Waals surface area contributed by atoms with E-state index in [1.54, 1.807) is 0 Å². The first-order valence-electron chi connectivity index (χ1n) is 4.43. The van der Waals surface area contributed by atoms with Gasteiger partial charge in [-0.3, -0.25) is 4.90 Å². The molecule has 13 heavy (non-hydrogen) atoms. The third-order valence-electron chi connectivity index (χ3n) is 2.37. The van der Waals surface area contributed by atoms with Gasteiger partial charge in [0.25, 0.3) is 0 Å². The minimum Gasteiger partial charge on any atom is -0.314 e. The normalized spacial score (nSPS) is 32.1. The summed E-state index contributed by atoms with van der Waals surface area (Å²) in [5.74, 6) is 0. The monoisotopic (exact) mass is 196 g/mol. The Labute approximate surface area is 76.1 Å². The molecule has 0 radical (unpaired) electrons. The van der Waals surface area contributed by atoms with Crippen molar-refractivity contribution in [1.82, 2.24) is 10.2 Å². The van der Waals surface area contributed by atoms with Gasteiger partial charge >= 0.3 is 6.18 Å². The maximum absolute atomic E-state index is 12.1. The molecule has 0 aromatic carbocycles. The Bertz CT molecular complexity index is 159. The van der Waals surface area contributed by atoms with Gasteiger partial charge in [-0.1, -0.05) is 0 Å². The summed E-state index contributed by atoms with van der Waals surface area (Å²) in [5.41, 5.74) is 0. The van der Waals surface area contributed by atoms with E-state index in [1.807, 2.05) is 13.8 Å². The molecule has 0 aromatic heterocycles. The van der Waals surface area contributed by atoms with Gasteiger partial charge in [0.05, 0.1) is 6.54 Å². The van der Waals surface area contributed by atoms with Crippen LogP contribution in [-0.4, -0.2) is 42.8 Å². The molecule has 1 aliphatic rings. The van der Waals surface area contributed by atoms with Crippen molar-refractivity contribution in [1.29, 1.82) is 0 Å². The highest BCUT2D eigenvalue weighted by molar-refractivity contribution is 4.83. The molecule has 1 rings (SSSR count). The first kappa shape index (κ1) is 10.8. The summed E-state index contributed by atoms with van der Waals surface area (Å²) in [6, 6.07) is -0.0734. The van der Waals surface area contributed by atoms with Gasteiger partial charge in [-0.15, -0.1) is 0 Å². The molecule has 1 saturated heterocycles. The third-order valence-corrected chi connectivity index (χ3v) is 2.37. The molecule has 5 heteroatoms. The van der Waals surface area contributed by atoms with Crippen molar-refractivity contribution in [2.24, 2.45) is 0 Å². The predicted octanol–water partition coefficient (Wildman–Crippen LogP) is 1.23. The second kappa shape index (κ2) is 3.84. The zero-order valence-corrected chi connectivity index (χ0v) is 7.86. The Balaban J connectivity index is 2.54. The van der Waals surface area contributed by atoms with Gasteiger partial charge in [0.1, 0.15) is 0 Å². The Morgan fingerprint density at radius 2 is 1.69 bits per heavy atom. The molecule has 2 atom stereocenters. The smallest absolute Gasteiger partial charge is 0.314 e. The Kier molecular flexibility index (Phi) is 3.18. The average molecular weight is 196 g/mol. The van der Waals surface area contributed by atoms with E-state index in [2.05, 4.69) is 5.32 Å². The van der Waals surface area contributed by atoms with E-state index in [0.717, 1.165) is 0 Å². The van der Waals surface area contributed by atoms with Gasteiger partial charge in [0, 0.05) is 25.2 Å². The average Bonchev–Trinajstić information content (AvgIpc) is 1.95. The number of rotatable bonds is 1. The van der Waals surface area contributed by atoms with Crippen molar-refractivity contribution in [3.63, 3.8) is 0 Å². The van der Waals surface area contributed by atoms with Gasteiger partial charge in [-0.05, 0) is 13.8 Å². The summed E-state index contributed by atoms with van der Waals surface area (Å²) >= 11 is 0. The summed E-state index contributed by atoms with van der Waals surface area (Å²) in [6.07, 6.45) is -4.08. The fourth-order valence-corrected chi connectivity index (χ4v) is 1.69. The Morgan fingerprint density at radius 1 is 1.23 bits per heavy atom. The van der Waals surface area contributed by atoms with Crippen LogP contribution in [0.4, 0.5) is 13.2 Å². The number of nitrogens with one attached hydrogen (secondary N) is 1. The maximum atomic E-state index is 12.1. The molecule has 1 fully saturated rings. The molecule has 0 aliphatic carbocycles. The number of nitrogens with zero attached hydrogens (tertiary/aromatic N) is 1. The quantitative estimate of drug-likeness (QED) is 0.678. The minimum atomic E-state index is -4.08. The highest BCUT2D eigenvalue weighted by Crippen LogP contribution is 2.20. The van der Waals surface area contributed by atoms with Gasteiger partial charge in [-0.25, -0.2) is 0 Å². The van der Waals surface area contributed by atoms with E-state index in [1.165, 1.54) is 4.90 Å². The summed E-state index contributed by atoms with van der Waals surface area (Å²) in [4.78, 5) is 1.50. The van der Waals surface area contributed by atoms with Gasteiger partial charge in [-0.2, -0.15) is 13.2 Å². The van der Waals surface area contributed by atoms with Crippen LogP contribution in [0.2, 0.25) is 0 Å². The summed E-state index contributed by atoms with van der Waals surface area (Å²) in [7, 11) is 0. The standard InChI is InChI=1S/C8H15F3N2/c1-6-3-12-4-7(2)13(6)5-8(9,10)11/h6-7,12H,3-5H2,1-2H3. The summed E-state index contributed by atoms with van der Waals surface area (Å²) in [6.45, 7) is 4.11. The Morgan fingerprint density at radius 3 is 2.08 bits per heavy atom. The molecule has 0 spiro atoms. The maximum Gasteiger partial charge on any atom is 0.401 e. The largest absolute Gasteiger partial charge is 0.401 e. The lowest BCUT2D eigenvalue weighted by Crippen LogP contribution is -2.57. The topological polar surface area (TPSA) is 15.3 Å². The molecule has 2 nitrogen and oxygen atoms in total. The summed E-state index contributed by atoms with van der Waals surface area (Å²) < 4.78 is 36.4. The van der Waals surface area contributed by atoms with E-state index in [-0.39, 0.29) is 12.1 Å². The van der Waals surface area contributed by atoms with Crippen LogP contribution in [-0.2, 0) is 0 Å². The fraction of sp³-hybridized carbons (Fsp3) is 1.00. The lowest BCUT2D eigenvalue weighted by molar-refractivity contribution is -0.157. The second-order valence-corrected chi connectivity index (χ2v) is 3.64. The molecule has 0 aromatic rings. The lowest BCUT2D eigenvalue weighted by Gasteiger charge is -2.39. The molecule has 1 aliphatic heterocycles. The number of hydrogen-bond donors (Lipinski definition) is 1. The number of alkyl halides is 3. The van der Waals surface area contributed by atoms with E-state index >= 15 is 0 Å². The first-order valence-corrected chi connectivity index (χ1v) is 4.43. The molecule has 0 saturated carbocycles. The zero-order chi connectivity index (χ0) is 10.1. The lowest BCUT2D eigenvalue weighted by atomic mass is 10.1. The van der Waals surface area contributed by atoms with Crippen LogP contribution < -0.4 is 5.32 Å². The zero-order valence-electron chi connectivity index (χ0n) is 7.86. The van der Waals surface area contributed by atoms with Crippen LogP contribution in [0.1, 0.15) is 13.8 Å². The van der Waals surface area contributed by atoms with Crippen molar-refractivity contribution in [3.8, 4) is 0 Å². The van der Waals surface area contributed by atoms with Crippen molar-refractivity contribution < 1.29 is 13.2 Å².